The van der Waals surface area contributed by atoms with Gasteiger partial charge in [-0.3, -0.25) is 9.59 Å². The minimum absolute atomic E-state index is 0.0205. The van der Waals surface area contributed by atoms with E-state index in [1.165, 1.54) is 7.11 Å². The molecule has 0 aromatic rings. The Hall–Kier alpha value is -1.83. The monoisotopic (exact) mass is 289 g/mol. The molecule has 0 aromatic heterocycles. The summed E-state index contributed by atoms with van der Waals surface area (Å²) in [5.41, 5.74) is 0. The first-order chi connectivity index (χ1) is 9.36. The number of methoxy groups -OCH3 is 1. The van der Waals surface area contributed by atoms with Crippen molar-refractivity contribution >= 4 is 17.9 Å². The Morgan fingerprint density at radius 2 is 1.85 bits per heavy atom. The predicted molar refractivity (Wildman–Crippen MR) is 72.3 cm³/mol. The number of nitrogens with one attached hydrogen (secondary N) is 3. The molecular weight excluding hydrogens is 266 g/mol. The van der Waals surface area contributed by atoms with Crippen molar-refractivity contribution in [2.75, 3.05) is 26.8 Å². The molecule has 0 rings (SSSR count). The average Bonchev–Trinajstić information content (AvgIpc) is 2.35. The average molecular weight is 289 g/mol. The first kappa shape index (κ1) is 18.2. The lowest BCUT2D eigenvalue weighted by atomic mass is 10.1. The highest BCUT2D eigenvalue weighted by atomic mass is 16.5. The van der Waals surface area contributed by atoms with Crippen LogP contribution in [0.25, 0.3) is 0 Å². The van der Waals surface area contributed by atoms with Crippen molar-refractivity contribution in [3.05, 3.63) is 0 Å². The van der Waals surface area contributed by atoms with E-state index in [9.17, 15) is 14.4 Å². The van der Waals surface area contributed by atoms with Crippen molar-refractivity contribution in [1.29, 1.82) is 0 Å². The Morgan fingerprint density at radius 1 is 1.20 bits per heavy atom. The van der Waals surface area contributed by atoms with Gasteiger partial charge in [-0.25, -0.2) is 4.79 Å². The van der Waals surface area contributed by atoms with Crippen molar-refractivity contribution < 1.29 is 24.2 Å². The zero-order chi connectivity index (χ0) is 15.5. The van der Waals surface area contributed by atoms with Gasteiger partial charge in [-0.15, -0.1) is 0 Å². The van der Waals surface area contributed by atoms with Gasteiger partial charge in [-0.2, -0.15) is 0 Å². The van der Waals surface area contributed by atoms with Gasteiger partial charge in [0, 0.05) is 26.6 Å². The van der Waals surface area contributed by atoms with Gasteiger partial charge < -0.3 is 25.8 Å². The molecule has 2 unspecified atom stereocenters. The first-order valence-corrected chi connectivity index (χ1v) is 6.39. The number of carboxylic acids is 1. The van der Waals surface area contributed by atoms with Gasteiger partial charge in [0.05, 0.1) is 6.61 Å². The second-order valence-corrected chi connectivity index (χ2v) is 4.56. The van der Waals surface area contributed by atoms with E-state index in [2.05, 4.69) is 16.0 Å². The van der Waals surface area contributed by atoms with Gasteiger partial charge in [0.1, 0.15) is 6.04 Å². The standard InChI is InChI=1S/C12H23N3O5/c1-8(6-10(16)17)7-14-12(19)15-9(2)11(18)13-4-5-20-3/h8-9H,4-7H2,1-3H3,(H,13,18)(H,16,17)(H2,14,15,19). The third kappa shape index (κ3) is 9.15. The second kappa shape index (κ2) is 10.0. The number of ether oxygens (including phenoxy) is 1. The summed E-state index contributed by atoms with van der Waals surface area (Å²) in [4.78, 5) is 33.5. The minimum Gasteiger partial charge on any atom is -0.481 e. The molecule has 0 spiro atoms. The van der Waals surface area contributed by atoms with E-state index < -0.39 is 18.0 Å². The summed E-state index contributed by atoms with van der Waals surface area (Å²) in [6.07, 6.45) is -0.0205. The number of carbonyl (C=O) groups is 3. The molecule has 3 amide bonds. The molecule has 0 saturated heterocycles. The van der Waals surface area contributed by atoms with Gasteiger partial charge >= 0.3 is 12.0 Å². The molecule has 8 nitrogen and oxygen atoms in total. The van der Waals surface area contributed by atoms with Crippen LogP contribution in [-0.4, -0.2) is 55.9 Å². The van der Waals surface area contributed by atoms with Gasteiger partial charge in [0.25, 0.3) is 0 Å². The van der Waals surface area contributed by atoms with Crippen LogP contribution < -0.4 is 16.0 Å². The summed E-state index contributed by atoms with van der Waals surface area (Å²) < 4.78 is 4.79. The molecule has 0 radical (unpaired) electrons. The van der Waals surface area contributed by atoms with Crippen LogP contribution in [0.15, 0.2) is 0 Å². The highest BCUT2D eigenvalue weighted by Gasteiger charge is 2.15. The number of rotatable bonds is 9. The quantitative estimate of drug-likeness (QED) is 0.429. The lowest BCUT2D eigenvalue weighted by molar-refractivity contribution is -0.137. The van der Waals surface area contributed by atoms with Crippen LogP contribution >= 0.6 is 0 Å². The van der Waals surface area contributed by atoms with Crippen molar-refractivity contribution in [3.8, 4) is 0 Å². The van der Waals surface area contributed by atoms with Crippen LogP contribution in [0.3, 0.4) is 0 Å². The Labute approximate surface area is 118 Å². The molecule has 0 saturated carbocycles. The summed E-state index contributed by atoms with van der Waals surface area (Å²) in [5, 5.41) is 16.2. The van der Waals surface area contributed by atoms with Gasteiger partial charge in [-0.05, 0) is 12.8 Å². The summed E-state index contributed by atoms with van der Waals surface area (Å²) in [5.74, 6) is -1.40. The zero-order valence-electron chi connectivity index (χ0n) is 12.1. The van der Waals surface area contributed by atoms with Crippen LogP contribution in [0, 0.1) is 5.92 Å². The van der Waals surface area contributed by atoms with E-state index in [0.29, 0.717) is 13.2 Å². The highest BCUT2D eigenvalue weighted by molar-refractivity contribution is 5.86. The van der Waals surface area contributed by atoms with Crippen LogP contribution in [0.4, 0.5) is 4.79 Å². The zero-order valence-corrected chi connectivity index (χ0v) is 12.1. The fraction of sp³-hybridized carbons (Fsp3) is 0.750. The maximum atomic E-state index is 11.6. The second-order valence-electron chi connectivity index (χ2n) is 4.56. The molecule has 0 aliphatic carbocycles. The fourth-order valence-corrected chi connectivity index (χ4v) is 1.38. The fourth-order valence-electron chi connectivity index (χ4n) is 1.38. The van der Waals surface area contributed by atoms with Crippen molar-refractivity contribution in [2.24, 2.45) is 5.92 Å². The minimum atomic E-state index is -0.911. The summed E-state index contributed by atoms with van der Waals surface area (Å²) in [6.45, 7) is 4.28. The highest BCUT2D eigenvalue weighted by Crippen LogP contribution is 1.98. The van der Waals surface area contributed by atoms with Crippen molar-refractivity contribution in [2.45, 2.75) is 26.3 Å². The Balaban J connectivity index is 3.89. The molecule has 0 heterocycles. The third-order valence-corrected chi connectivity index (χ3v) is 2.48. The molecule has 0 aliphatic rings. The normalized spacial score (nSPS) is 13.2. The SMILES string of the molecule is COCCNC(=O)C(C)NC(=O)NCC(C)CC(=O)O. The van der Waals surface area contributed by atoms with E-state index in [0.717, 1.165) is 0 Å². The molecule has 116 valence electrons. The van der Waals surface area contributed by atoms with Crippen LogP contribution in [0.1, 0.15) is 20.3 Å². The number of hydrogen-bond donors (Lipinski definition) is 4. The maximum Gasteiger partial charge on any atom is 0.315 e. The van der Waals surface area contributed by atoms with Crippen molar-refractivity contribution in [1.82, 2.24) is 16.0 Å². The smallest absolute Gasteiger partial charge is 0.315 e. The number of urea groups is 1. The summed E-state index contributed by atoms with van der Waals surface area (Å²) in [7, 11) is 1.53. The molecule has 0 fully saturated rings. The number of carboxylic acid groups (broad SMARTS) is 1. The summed E-state index contributed by atoms with van der Waals surface area (Å²) >= 11 is 0. The molecule has 0 bridgehead atoms. The van der Waals surface area contributed by atoms with Crippen molar-refractivity contribution in [3.63, 3.8) is 0 Å². The molecule has 8 heteroatoms. The molecule has 0 aliphatic heterocycles. The molecule has 0 aromatic carbocycles. The largest absolute Gasteiger partial charge is 0.481 e. The molecule has 20 heavy (non-hydrogen) atoms. The van der Waals surface area contributed by atoms with Crippen LogP contribution in [0.5, 0.6) is 0 Å². The lowest BCUT2D eigenvalue weighted by Crippen LogP contribution is -2.49. The van der Waals surface area contributed by atoms with E-state index in [-0.39, 0.29) is 24.8 Å². The number of amides is 3. The molecule has 2 atom stereocenters. The number of hydrogen-bond acceptors (Lipinski definition) is 4. The topological polar surface area (TPSA) is 117 Å². The van der Waals surface area contributed by atoms with Crippen LogP contribution in [-0.2, 0) is 14.3 Å². The Bertz CT molecular complexity index is 335. The number of carbonyl (C=O) groups excluding carboxylic acids is 2. The Kier molecular flexibility index (Phi) is 9.10. The van der Waals surface area contributed by atoms with E-state index in [4.69, 9.17) is 9.84 Å². The van der Waals surface area contributed by atoms with E-state index >= 15 is 0 Å². The van der Waals surface area contributed by atoms with E-state index in [1.54, 1.807) is 13.8 Å². The Morgan fingerprint density at radius 3 is 2.40 bits per heavy atom. The number of aliphatic carboxylic acids is 1. The van der Waals surface area contributed by atoms with E-state index in [1.807, 2.05) is 0 Å². The van der Waals surface area contributed by atoms with Crippen LogP contribution in [0.2, 0.25) is 0 Å². The third-order valence-electron chi connectivity index (χ3n) is 2.48. The van der Waals surface area contributed by atoms with Gasteiger partial charge in [-0.1, -0.05) is 6.92 Å². The molecule has 4 N–H and O–H groups in total. The van der Waals surface area contributed by atoms with Gasteiger partial charge in [0.2, 0.25) is 5.91 Å². The lowest BCUT2D eigenvalue weighted by Gasteiger charge is -2.16. The molecular formula is C12H23N3O5. The summed E-state index contributed by atoms with van der Waals surface area (Å²) in [6, 6.07) is -1.18. The first-order valence-electron chi connectivity index (χ1n) is 6.39. The predicted octanol–water partition coefficient (Wildman–Crippen LogP) is -0.452. The van der Waals surface area contributed by atoms with Gasteiger partial charge in [0.15, 0.2) is 0 Å². The maximum absolute atomic E-state index is 11.6.